The summed E-state index contributed by atoms with van der Waals surface area (Å²) in [6, 6.07) is 10.9. The summed E-state index contributed by atoms with van der Waals surface area (Å²) in [7, 11) is -2.38. The van der Waals surface area contributed by atoms with E-state index in [1.165, 1.54) is 16.3 Å². The van der Waals surface area contributed by atoms with Crippen LogP contribution < -0.4 is 14.8 Å². The molecule has 2 aromatic rings. The third kappa shape index (κ3) is 5.82. The van der Waals surface area contributed by atoms with Crippen LogP contribution in [-0.2, 0) is 16.6 Å². The number of nitrogens with one attached hydrogen (secondary N) is 1. The molecule has 1 aliphatic heterocycles. The maximum atomic E-state index is 12.8. The summed E-state index contributed by atoms with van der Waals surface area (Å²) in [6.45, 7) is 0.725. The van der Waals surface area contributed by atoms with Crippen molar-refractivity contribution >= 4 is 16.1 Å². The summed E-state index contributed by atoms with van der Waals surface area (Å²) in [6.07, 6.45) is -4.86. The number of sulfonamides is 1. The summed E-state index contributed by atoms with van der Waals surface area (Å²) in [5.74, 6) is 0.142. The number of alkyl halides is 3. The van der Waals surface area contributed by atoms with Crippen LogP contribution in [0.2, 0.25) is 0 Å². The van der Waals surface area contributed by atoms with Gasteiger partial charge in [0.05, 0.1) is 12.0 Å². The van der Waals surface area contributed by atoms with Crippen molar-refractivity contribution in [2.75, 3.05) is 33.3 Å². The van der Waals surface area contributed by atoms with Gasteiger partial charge in [0.15, 0.2) is 0 Å². The molecule has 2 aromatic carbocycles. The molecule has 1 N–H and O–H groups in total. The Kier molecular flexibility index (Phi) is 7.14. The van der Waals surface area contributed by atoms with Gasteiger partial charge in [-0.1, -0.05) is 18.2 Å². The number of amides is 2. The molecule has 0 aromatic heterocycles. The summed E-state index contributed by atoms with van der Waals surface area (Å²) in [5.41, 5.74) is 0.808. The number of hydrogen-bond donors (Lipinski definition) is 1. The van der Waals surface area contributed by atoms with E-state index in [1.54, 1.807) is 6.07 Å². The molecule has 2 amide bonds. The Bertz CT molecular complexity index is 1040. The van der Waals surface area contributed by atoms with Crippen molar-refractivity contribution in [3.63, 3.8) is 0 Å². The number of nitrogens with zero attached hydrogens (tertiary/aromatic N) is 2. The number of carbonyl (C=O) groups excluding carboxylic acids is 1. The highest BCUT2D eigenvalue weighted by Gasteiger charge is 2.32. The van der Waals surface area contributed by atoms with Crippen LogP contribution in [0.25, 0.3) is 0 Å². The number of urea groups is 1. The van der Waals surface area contributed by atoms with Crippen molar-refractivity contribution in [2.45, 2.75) is 17.8 Å². The van der Waals surface area contributed by atoms with Crippen LogP contribution >= 0.6 is 0 Å². The Morgan fingerprint density at radius 3 is 2.25 bits per heavy atom. The topological polar surface area (TPSA) is 88.2 Å². The van der Waals surface area contributed by atoms with Gasteiger partial charge in [-0.2, -0.15) is 4.31 Å². The summed E-state index contributed by atoms with van der Waals surface area (Å²) in [5, 5.41) is 2.79. The monoisotopic (exact) mass is 473 g/mol. The first-order valence-corrected chi connectivity index (χ1v) is 11.0. The normalized spacial score (nSPS) is 15.3. The second-order valence-corrected chi connectivity index (χ2v) is 8.82. The lowest BCUT2D eigenvalue weighted by atomic mass is 10.2. The number of hydrogen-bond acceptors (Lipinski definition) is 5. The van der Waals surface area contributed by atoms with E-state index >= 15 is 0 Å². The molecule has 1 heterocycles. The predicted molar refractivity (Wildman–Crippen MR) is 109 cm³/mol. The van der Waals surface area contributed by atoms with Gasteiger partial charge in [0.2, 0.25) is 10.0 Å². The molecule has 1 saturated heterocycles. The molecule has 1 aliphatic rings. The van der Waals surface area contributed by atoms with Gasteiger partial charge in [-0.25, -0.2) is 13.2 Å². The maximum Gasteiger partial charge on any atom is 0.573 e. The van der Waals surface area contributed by atoms with Crippen molar-refractivity contribution in [3.05, 3.63) is 54.1 Å². The van der Waals surface area contributed by atoms with Crippen LogP contribution in [0.15, 0.2) is 53.4 Å². The molecule has 0 bridgehead atoms. The molecular formula is C20H22F3N3O5S. The highest BCUT2D eigenvalue weighted by atomic mass is 32.2. The van der Waals surface area contributed by atoms with Crippen molar-refractivity contribution in [2.24, 2.45) is 0 Å². The number of carbonyl (C=O) groups is 1. The van der Waals surface area contributed by atoms with Gasteiger partial charge < -0.3 is 19.7 Å². The zero-order chi connectivity index (χ0) is 23.4. The van der Waals surface area contributed by atoms with E-state index in [1.807, 2.05) is 18.2 Å². The number of halogens is 3. The number of rotatable bonds is 6. The van der Waals surface area contributed by atoms with Crippen LogP contribution in [0.4, 0.5) is 18.0 Å². The third-order valence-corrected chi connectivity index (χ3v) is 6.76. The summed E-state index contributed by atoms with van der Waals surface area (Å²) in [4.78, 5) is 13.8. The van der Waals surface area contributed by atoms with Crippen molar-refractivity contribution < 1.29 is 35.9 Å². The average molecular weight is 473 g/mol. The molecule has 0 radical (unpaired) electrons. The molecule has 0 aliphatic carbocycles. The van der Waals surface area contributed by atoms with E-state index in [4.69, 9.17) is 4.74 Å². The van der Waals surface area contributed by atoms with Gasteiger partial charge in [-0.3, -0.25) is 0 Å². The van der Waals surface area contributed by atoms with Crippen molar-refractivity contribution in [1.29, 1.82) is 0 Å². The average Bonchev–Trinajstić information content (AvgIpc) is 2.77. The Hall–Kier alpha value is -2.99. The first-order chi connectivity index (χ1) is 15.1. The number of ether oxygens (including phenoxy) is 2. The lowest BCUT2D eigenvalue weighted by Gasteiger charge is -2.34. The quantitative estimate of drug-likeness (QED) is 0.697. The Labute approximate surface area is 183 Å². The van der Waals surface area contributed by atoms with E-state index in [0.29, 0.717) is 5.75 Å². The minimum absolute atomic E-state index is 0.0607. The van der Waals surface area contributed by atoms with E-state index in [-0.39, 0.29) is 43.7 Å². The first-order valence-electron chi connectivity index (χ1n) is 9.61. The molecule has 0 spiro atoms. The highest BCUT2D eigenvalue weighted by molar-refractivity contribution is 7.89. The Morgan fingerprint density at radius 1 is 1.03 bits per heavy atom. The van der Waals surface area contributed by atoms with Gasteiger partial charge >= 0.3 is 12.4 Å². The zero-order valence-electron chi connectivity index (χ0n) is 17.1. The maximum absolute atomic E-state index is 12.8. The minimum Gasteiger partial charge on any atom is -0.496 e. The highest BCUT2D eigenvalue weighted by Crippen LogP contribution is 2.25. The summed E-state index contributed by atoms with van der Waals surface area (Å²) >= 11 is 0. The number of methoxy groups -OCH3 is 1. The second kappa shape index (κ2) is 9.65. The van der Waals surface area contributed by atoms with Gasteiger partial charge in [-0.05, 0) is 30.3 Å². The largest absolute Gasteiger partial charge is 0.573 e. The lowest BCUT2D eigenvalue weighted by molar-refractivity contribution is -0.274. The smallest absolute Gasteiger partial charge is 0.496 e. The third-order valence-electron chi connectivity index (χ3n) is 4.84. The standard InChI is InChI=1S/C20H22F3N3O5S/c1-30-18-5-3-2-4-15(18)14-24-19(27)25-10-12-26(13-11-25)32(28,29)17-8-6-16(7-9-17)31-20(21,22)23/h2-9H,10-14H2,1H3,(H,24,27). The number of piperazine rings is 1. The fraction of sp³-hybridized carbons (Fsp3) is 0.350. The molecule has 1 fully saturated rings. The molecule has 8 nitrogen and oxygen atoms in total. The zero-order valence-corrected chi connectivity index (χ0v) is 17.9. The van der Waals surface area contributed by atoms with Gasteiger partial charge in [-0.15, -0.1) is 13.2 Å². The van der Waals surface area contributed by atoms with Crippen LogP contribution in [0.1, 0.15) is 5.56 Å². The van der Waals surface area contributed by atoms with Crippen LogP contribution in [0, 0.1) is 0 Å². The number of benzene rings is 2. The summed E-state index contributed by atoms with van der Waals surface area (Å²) < 4.78 is 72.5. The van der Waals surface area contributed by atoms with Crippen LogP contribution in [-0.4, -0.2) is 63.3 Å². The molecular weight excluding hydrogens is 451 g/mol. The van der Waals surface area contributed by atoms with E-state index in [2.05, 4.69) is 10.1 Å². The predicted octanol–water partition coefficient (Wildman–Crippen LogP) is 2.81. The molecule has 174 valence electrons. The molecule has 0 saturated carbocycles. The molecule has 0 atom stereocenters. The van der Waals surface area contributed by atoms with Gasteiger partial charge in [0, 0.05) is 38.3 Å². The van der Waals surface area contributed by atoms with E-state index in [9.17, 15) is 26.4 Å². The lowest BCUT2D eigenvalue weighted by Crippen LogP contribution is -2.52. The van der Waals surface area contributed by atoms with Crippen molar-refractivity contribution in [1.82, 2.24) is 14.5 Å². The van der Waals surface area contributed by atoms with Crippen LogP contribution in [0.3, 0.4) is 0 Å². The first kappa shape index (κ1) is 23.7. The Morgan fingerprint density at radius 2 is 1.66 bits per heavy atom. The SMILES string of the molecule is COc1ccccc1CNC(=O)N1CCN(S(=O)(=O)c2ccc(OC(F)(F)F)cc2)CC1. The van der Waals surface area contributed by atoms with E-state index < -0.39 is 22.1 Å². The molecule has 12 heteroatoms. The van der Waals surface area contributed by atoms with Crippen molar-refractivity contribution in [3.8, 4) is 11.5 Å². The fourth-order valence-corrected chi connectivity index (χ4v) is 4.65. The second-order valence-electron chi connectivity index (χ2n) is 6.88. The Balaban J connectivity index is 1.55. The molecule has 32 heavy (non-hydrogen) atoms. The minimum atomic E-state index is -4.86. The molecule has 0 unspecified atom stereocenters. The van der Waals surface area contributed by atoms with Gasteiger partial charge in [0.1, 0.15) is 11.5 Å². The van der Waals surface area contributed by atoms with Gasteiger partial charge in [0.25, 0.3) is 0 Å². The van der Waals surface area contributed by atoms with Crippen LogP contribution in [0.5, 0.6) is 11.5 Å². The van der Waals surface area contributed by atoms with E-state index in [0.717, 1.165) is 29.8 Å². The fourth-order valence-electron chi connectivity index (χ4n) is 3.23. The molecule has 3 rings (SSSR count). The number of para-hydroxylation sites is 1.